The molecule has 0 aliphatic rings. The largest absolute Gasteiger partial charge is 0.476 e. The van der Waals surface area contributed by atoms with Gasteiger partial charge in [-0.2, -0.15) is 0 Å². The highest BCUT2D eigenvalue weighted by Crippen LogP contribution is 2.36. The van der Waals surface area contributed by atoms with Crippen molar-refractivity contribution in [1.82, 2.24) is 9.38 Å². The summed E-state index contributed by atoms with van der Waals surface area (Å²) in [7, 11) is 0. The Morgan fingerprint density at radius 2 is 2.04 bits per heavy atom. The minimum absolute atomic E-state index is 0.0574. The molecule has 1 aromatic carbocycles. The van der Waals surface area contributed by atoms with Gasteiger partial charge in [-0.1, -0.05) is 29.8 Å². The second-order valence-electron chi connectivity index (χ2n) is 5.81. The van der Waals surface area contributed by atoms with Gasteiger partial charge in [0, 0.05) is 21.6 Å². The molecule has 0 amide bonds. The quantitative estimate of drug-likeness (QED) is 0.557. The van der Waals surface area contributed by atoms with Crippen LogP contribution in [0, 0.1) is 0 Å². The fourth-order valence-corrected chi connectivity index (χ4v) is 3.63. The molecule has 3 aromatic rings. The van der Waals surface area contributed by atoms with E-state index < -0.39 is 17.9 Å². The SMILES string of the molecule is CCOC(=O)CC(c1ccccc1Cl)c1c(C(=O)O)nc2ccc(Br)cn12. The normalized spacial score (nSPS) is 12.1. The van der Waals surface area contributed by atoms with Crippen molar-refractivity contribution in [1.29, 1.82) is 0 Å². The molecule has 0 saturated heterocycles. The van der Waals surface area contributed by atoms with Crippen LogP contribution >= 0.6 is 27.5 Å². The number of carboxylic acids is 1. The minimum atomic E-state index is -1.18. The molecule has 0 spiro atoms. The van der Waals surface area contributed by atoms with E-state index in [1.165, 1.54) is 0 Å². The van der Waals surface area contributed by atoms with Crippen molar-refractivity contribution in [3.63, 3.8) is 0 Å². The Labute approximate surface area is 168 Å². The number of fused-ring (bicyclic) bond motifs is 1. The number of carbonyl (C=O) groups excluding carboxylic acids is 1. The summed E-state index contributed by atoms with van der Waals surface area (Å²) in [6, 6.07) is 10.5. The van der Waals surface area contributed by atoms with Crippen molar-refractivity contribution in [2.45, 2.75) is 19.3 Å². The molecule has 0 aliphatic heterocycles. The molecule has 1 N–H and O–H groups in total. The van der Waals surface area contributed by atoms with Crippen LogP contribution in [-0.2, 0) is 9.53 Å². The van der Waals surface area contributed by atoms with Crippen LogP contribution in [0.4, 0.5) is 0 Å². The van der Waals surface area contributed by atoms with E-state index in [0.717, 1.165) is 4.47 Å². The first kappa shape index (κ1) is 19.4. The second-order valence-corrected chi connectivity index (χ2v) is 7.13. The molecule has 0 aliphatic carbocycles. The maximum atomic E-state index is 12.3. The molecule has 2 heterocycles. The van der Waals surface area contributed by atoms with Gasteiger partial charge < -0.3 is 14.2 Å². The van der Waals surface area contributed by atoms with E-state index in [0.29, 0.717) is 21.9 Å². The first-order valence-electron chi connectivity index (χ1n) is 8.23. The van der Waals surface area contributed by atoms with Crippen LogP contribution in [0.3, 0.4) is 0 Å². The van der Waals surface area contributed by atoms with Crippen molar-refractivity contribution in [3.05, 3.63) is 69.0 Å². The Morgan fingerprint density at radius 3 is 2.70 bits per heavy atom. The molecule has 0 fully saturated rings. The molecular formula is C19H16BrClN2O4. The zero-order valence-electron chi connectivity index (χ0n) is 14.4. The van der Waals surface area contributed by atoms with Crippen LogP contribution in [0.5, 0.6) is 0 Å². The number of rotatable bonds is 6. The van der Waals surface area contributed by atoms with Crippen molar-refractivity contribution < 1.29 is 19.4 Å². The van der Waals surface area contributed by atoms with Gasteiger partial charge in [-0.3, -0.25) is 4.79 Å². The van der Waals surface area contributed by atoms with Crippen LogP contribution in [0.25, 0.3) is 5.65 Å². The van der Waals surface area contributed by atoms with Crippen molar-refractivity contribution in [2.75, 3.05) is 6.61 Å². The van der Waals surface area contributed by atoms with Gasteiger partial charge in [-0.25, -0.2) is 9.78 Å². The summed E-state index contributed by atoms with van der Waals surface area (Å²) in [4.78, 5) is 28.4. The van der Waals surface area contributed by atoms with Crippen molar-refractivity contribution in [2.24, 2.45) is 0 Å². The third-order valence-corrected chi connectivity index (χ3v) is 4.92. The number of esters is 1. The average molecular weight is 452 g/mol. The zero-order valence-corrected chi connectivity index (χ0v) is 16.7. The van der Waals surface area contributed by atoms with Gasteiger partial charge in [-0.15, -0.1) is 0 Å². The van der Waals surface area contributed by atoms with Gasteiger partial charge in [0.2, 0.25) is 0 Å². The first-order chi connectivity index (χ1) is 12.9. The van der Waals surface area contributed by atoms with Crippen LogP contribution < -0.4 is 0 Å². The summed E-state index contributed by atoms with van der Waals surface area (Å²) in [6.07, 6.45) is 1.66. The fourth-order valence-electron chi connectivity index (χ4n) is 3.03. The fraction of sp³-hybridized carbons (Fsp3) is 0.211. The number of carboxylic acid groups (broad SMARTS) is 1. The van der Waals surface area contributed by atoms with Gasteiger partial charge in [0.25, 0.3) is 0 Å². The number of carbonyl (C=O) groups is 2. The van der Waals surface area contributed by atoms with E-state index in [-0.39, 0.29) is 18.7 Å². The average Bonchev–Trinajstić information content (AvgIpc) is 2.99. The van der Waals surface area contributed by atoms with E-state index in [1.54, 1.807) is 53.9 Å². The highest BCUT2D eigenvalue weighted by Gasteiger charge is 2.30. The van der Waals surface area contributed by atoms with Gasteiger partial charge in [-0.05, 0) is 46.6 Å². The van der Waals surface area contributed by atoms with Crippen LogP contribution in [0.15, 0.2) is 47.1 Å². The van der Waals surface area contributed by atoms with E-state index in [4.69, 9.17) is 16.3 Å². The first-order valence-corrected chi connectivity index (χ1v) is 9.40. The van der Waals surface area contributed by atoms with Gasteiger partial charge in [0.15, 0.2) is 5.69 Å². The molecule has 0 saturated carbocycles. The topological polar surface area (TPSA) is 80.9 Å². The van der Waals surface area contributed by atoms with Crippen molar-refractivity contribution >= 4 is 45.1 Å². The molecule has 140 valence electrons. The molecule has 8 heteroatoms. The Kier molecular flexibility index (Phi) is 5.82. The van der Waals surface area contributed by atoms with Crippen LogP contribution in [-0.4, -0.2) is 33.0 Å². The smallest absolute Gasteiger partial charge is 0.356 e. The number of hydrogen-bond acceptors (Lipinski definition) is 4. The number of imidazole rings is 1. The van der Waals surface area contributed by atoms with Gasteiger partial charge in [0.05, 0.1) is 18.7 Å². The van der Waals surface area contributed by atoms with E-state index >= 15 is 0 Å². The molecule has 6 nitrogen and oxygen atoms in total. The summed E-state index contributed by atoms with van der Waals surface area (Å²) < 4.78 is 7.52. The number of aromatic carboxylic acids is 1. The maximum absolute atomic E-state index is 12.3. The Balaban J connectivity index is 2.27. The summed E-state index contributed by atoms with van der Waals surface area (Å²) >= 11 is 9.77. The number of pyridine rings is 1. The number of ether oxygens (including phenoxy) is 1. The molecule has 0 bridgehead atoms. The third kappa shape index (κ3) is 3.99. The van der Waals surface area contributed by atoms with Crippen LogP contribution in [0.2, 0.25) is 5.02 Å². The van der Waals surface area contributed by atoms with Crippen LogP contribution in [0.1, 0.15) is 41.0 Å². The minimum Gasteiger partial charge on any atom is -0.476 e. The van der Waals surface area contributed by atoms with E-state index in [1.807, 2.05) is 0 Å². The van der Waals surface area contributed by atoms with Gasteiger partial charge >= 0.3 is 11.9 Å². The Hall–Kier alpha value is -2.38. The molecule has 1 atom stereocenters. The Morgan fingerprint density at radius 1 is 1.30 bits per heavy atom. The second kappa shape index (κ2) is 8.10. The van der Waals surface area contributed by atoms with E-state index in [2.05, 4.69) is 20.9 Å². The highest BCUT2D eigenvalue weighted by molar-refractivity contribution is 9.10. The molecular weight excluding hydrogens is 436 g/mol. The monoisotopic (exact) mass is 450 g/mol. The lowest BCUT2D eigenvalue weighted by Crippen LogP contribution is -2.16. The number of nitrogens with zero attached hydrogens (tertiary/aromatic N) is 2. The number of hydrogen-bond donors (Lipinski definition) is 1. The molecule has 0 radical (unpaired) electrons. The van der Waals surface area contributed by atoms with E-state index in [9.17, 15) is 14.7 Å². The summed E-state index contributed by atoms with van der Waals surface area (Å²) in [5.74, 6) is -2.25. The molecule has 3 rings (SSSR count). The lowest BCUT2D eigenvalue weighted by atomic mass is 9.91. The predicted octanol–water partition coefficient (Wildman–Crippen LogP) is 4.53. The molecule has 27 heavy (non-hydrogen) atoms. The maximum Gasteiger partial charge on any atom is 0.356 e. The summed E-state index contributed by atoms with van der Waals surface area (Å²) in [5.41, 5.74) is 1.35. The lowest BCUT2D eigenvalue weighted by molar-refractivity contribution is -0.143. The van der Waals surface area contributed by atoms with Gasteiger partial charge in [0.1, 0.15) is 5.65 Å². The summed E-state index contributed by atoms with van der Waals surface area (Å²) in [5, 5.41) is 10.1. The highest BCUT2D eigenvalue weighted by atomic mass is 79.9. The summed E-state index contributed by atoms with van der Waals surface area (Å²) in [6.45, 7) is 1.95. The zero-order chi connectivity index (χ0) is 19.6. The predicted molar refractivity (Wildman–Crippen MR) is 104 cm³/mol. The lowest BCUT2D eigenvalue weighted by Gasteiger charge is -2.19. The number of benzene rings is 1. The Bertz CT molecular complexity index is 1020. The van der Waals surface area contributed by atoms with Crippen molar-refractivity contribution in [3.8, 4) is 0 Å². The molecule has 1 unspecified atom stereocenters. The number of halogens is 2. The standard InChI is InChI=1S/C19H16BrClN2O4/c1-2-27-16(24)9-13(12-5-3-4-6-14(12)21)18-17(19(25)26)22-15-8-7-11(20)10-23(15)18/h3-8,10,13H,2,9H2,1H3,(H,25,26). The third-order valence-electron chi connectivity index (χ3n) is 4.11. The number of aromatic nitrogens is 2. The molecule has 2 aromatic heterocycles.